The van der Waals surface area contributed by atoms with Crippen molar-refractivity contribution in [1.29, 1.82) is 5.26 Å². The largest absolute Gasteiger partial charge is 0.322 e. The number of benzene rings is 3. The molecule has 1 heterocycles. The molecule has 1 N–H and O–H groups in total. The first-order valence-electron chi connectivity index (χ1n) is 9.51. The minimum Gasteiger partial charge on any atom is -0.322 e. The number of fused-ring (bicyclic) bond motifs is 1. The van der Waals surface area contributed by atoms with Crippen LogP contribution in [-0.2, 0) is 19.5 Å². The highest BCUT2D eigenvalue weighted by atomic mass is 35.5. The van der Waals surface area contributed by atoms with E-state index in [1.807, 2.05) is 36.4 Å². The van der Waals surface area contributed by atoms with Gasteiger partial charge < -0.3 is 5.32 Å². The summed E-state index contributed by atoms with van der Waals surface area (Å²) in [5, 5.41) is 12.5. The van der Waals surface area contributed by atoms with E-state index in [0.29, 0.717) is 16.8 Å². The molecule has 0 saturated heterocycles. The Morgan fingerprint density at radius 2 is 1.87 bits per heavy atom. The molecule has 1 amide bonds. The standard InChI is InChI=1S/C24H20ClN3O.ClH/c25-22-7-6-19-10-11-28(16-21(19)13-22)15-18-2-1-3-20(12-18)24(29)27-23-8-4-17(14-26)5-9-23;/h1-9,12-13H,10-11,15-16H2,(H,27,29);1H. The second kappa shape index (κ2) is 9.77. The molecule has 0 bridgehead atoms. The lowest BCUT2D eigenvalue weighted by molar-refractivity contribution is 0.102. The summed E-state index contributed by atoms with van der Waals surface area (Å²) in [7, 11) is 0. The number of nitrogens with one attached hydrogen (secondary N) is 1. The van der Waals surface area contributed by atoms with Gasteiger partial charge >= 0.3 is 0 Å². The minimum atomic E-state index is -0.160. The molecule has 1 aliphatic rings. The second-order valence-corrected chi connectivity index (χ2v) is 7.65. The SMILES string of the molecule is Cl.N#Cc1ccc(NC(=O)c2cccc(CN3CCc4ccc(Cl)cc4C3)c2)cc1. The molecule has 0 fully saturated rings. The zero-order chi connectivity index (χ0) is 20.2. The third-order valence-corrected chi connectivity index (χ3v) is 5.36. The lowest BCUT2D eigenvalue weighted by Crippen LogP contribution is -2.30. The molecule has 4 rings (SSSR count). The van der Waals surface area contributed by atoms with Gasteiger partial charge in [-0.05, 0) is 71.6 Å². The third kappa shape index (κ3) is 5.20. The molecule has 152 valence electrons. The first-order chi connectivity index (χ1) is 14.1. The molecule has 4 nitrogen and oxygen atoms in total. The van der Waals surface area contributed by atoms with Crippen LogP contribution in [0.5, 0.6) is 0 Å². The molecule has 30 heavy (non-hydrogen) atoms. The first-order valence-corrected chi connectivity index (χ1v) is 9.88. The van der Waals surface area contributed by atoms with Crippen molar-refractivity contribution in [2.24, 2.45) is 0 Å². The van der Waals surface area contributed by atoms with Crippen molar-refractivity contribution in [2.75, 3.05) is 11.9 Å². The smallest absolute Gasteiger partial charge is 0.255 e. The van der Waals surface area contributed by atoms with E-state index in [2.05, 4.69) is 22.4 Å². The van der Waals surface area contributed by atoms with Crippen molar-refractivity contribution in [2.45, 2.75) is 19.5 Å². The van der Waals surface area contributed by atoms with Gasteiger partial charge in [0, 0.05) is 35.9 Å². The van der Waals surface area contributed by atoms with Crippen molar-refractivity contribution < 1.29 is 4.79 Å². The van der Waals surface area contributed by atoms with E-state index in [1.165, 1.54) is 11.1 Å². The van der Waals surface area contributed by atoms with Crippen LogP contribution in [0.2, 0.25) is 5.02 Å². The Bertz CT molecular complexity index is 1090. The maximum absolute atomic E-state index is 12.6. The summed E-state index contributed by atoms with van der Waals surface area (Å²) < 4.78 is 0. The van der Waals surface area contributed by atoms with Crippen LogP contribution >= 0.6 is 24.0 Å². The van der Waals surface area contributed by atoms with E-state index in [0.717, 1.165) is 36.6 Å². The molecule has 3 aromatic rings. The maximum Gasteiger partial charge on any atom is 0.255 e. The summed E-state index contributed by atoms with van der Waals surface area (Å²) in [4.78, 5) is 15.0. The predicted octanol–water partition coefficient (Wildman–Crippen LogP) is 5.44. The highest BCUT2D eigenvalue weighted by Crippen LogP contribution is 2.24. The Morgan fingerprint density at radius 3 is 2.63 bits per heavy atom. The van der Waals surface area contributed by atoms with Gasteiger partial charge in [-0.1, -0.05) is 29.8 Å². The minimum absolute atomic E-state index is 0. The number of anilines is 1. The summed E-state index contributed by atoms with van der Waals surface area (Å²) >= 11 is 6.14. The second-order valence-electron chi connectivity index (χ2n) is 7.22. The van der Waals surface area contributed by atoms with Crippen molar-refractivity contribution >= 4 is 35.6 Å². The van der Waals surface area contributed by atoms with Crippen molar-refractivity contribution in [3.8, 4) is 6.07 Å². The number of nitrogens with zero attached hydrogens (tertiary/aromatic N) is 2. The number of amides is 1. The zero-order valence-electron chi connectivity index (χ0n) is 16.3. The van der Waals surface area contributed by atoms with E-state index < -0.39 is 0 Å². The summed E-state index contributed by atoms with van der Waals surface area (Å²) in [6.07, 6.45) is 1.01. The molecule has 0 radical (unpaired) electrons. The topological polar surface area (TPSA) is 56.1 Å². The summed E-state index contributed by atoms with van der Waals surface area (Å²) in [6.45, 7) is 2.62. The van der Waals surface area contributed by atoms with Crippen molar-refractivity contribution in [1.82, 2.24) is 4.90 Å². The maximum atomic E-state index is 12.6. The molecule has 0 aliphatic carbocycles. The Labute approximate surface area is 187 Å². The van der Waals surface area contributed by atoms with Gasteiger partial charge in [-0.15, -0.1) is 12.4 Å². The molecular formula is C24H21Cl2N3O. The Hall–Kier alpha value is -2.84. The lowest BCUT2D eigenvalue weighted by Gasteiger charge is -2.29. The van der Waals surface area contributed by atoms with E-state index in [1.54, 1.807) is 24.3 Å². The third-order valence-electron chi connectivity index (χ3n) is 5.13. The van der Waals surface area contributed by atoms with Gasteiger partial charge in [0.25, 0.3) is 5.91 Å². The zero-order valence-corrected chi connectivity index (χ0v) is 17.8. The summed E-state index contributed by atoms with van der Waals surface area (Å²) in [5.74, 6) is -0.160. The summed E-state index contributed by atoms with van der Waals surface area (Å²) in [6, 6.07) is 22.7. The van der Waals surface area contributed by atoms with Gasteiger partial charge in [-0.2, -0.15) is 5.26 Å². The molecule has 0 aromatic heterocycles. The van der Waals surface area contributed by atoms with E-state index in [-0.39, 0.29) is 18.3 Å². The molecular weight excluding hydrogens is 417 g/mol. The van der Waals surface area contributed by atoms with Crippen LogP contribution in [0.3, 0.4) is 0 Å². The number of carbonyl (C=O) groups is 1. The van der Waals surface area contributed by atoms with Crippen LogP contribution in [0.15, 0.2) is 66.7 Å². The highest BCUT2D eigenvalue weighted by Gasteiger charge is 2.17. The average Bonchev–Trinajstić information content (AvgIpc) is 2.74. The fourth-order valence-electron chi connectivity index (χ4n) is 3.62. The first kappa shape index (κ1) is 21.9. The molecule has 0 atom stereocenters. The average molecular weight is 438 g/mol. The molecule has 6 heteroatoms. The van der Waals surface area contributed by atoms with Crippen LogP contribution in [0.4, 0.5) is 5.69 Å². The van der Waals surface area contributed by atoms with Crippen molar-refractivity contribution in [3.63, 3.8) is 0 Å². The van der Waals surface area contributed by atoms with Crippen LogP contribution in [0.25, 0.3) is 0 Å². The predicted molar refractivity (Wildman–Crippen MR) is 122 cm³/mol. The van der Waals surface area contributed by atoms with Gasteiger partial charge in [0.15, 0.2) is 0 Å². The van der Waals surface area contributed by atoms with Gasteiger partial charge in [-0.3, -0.25) is 9.69 Å². The fourth-order valence-corrected chi connectivity index (χ4v) is 3.81. The lowest BCUT2D eigenvalue weighted by atomic mass is 9.99. The highest BCUT2D eigenvalue weighted by molar-refractivity contribution is 6.30. The van der Waals surface area contributed by atoms with Crippen LogP contribution in [-0.4, -0.2) is 17.4 Å². The number of halogens is 2. The molecule has 0 spiro atoms. The van der Waals surface area contributed by atoms with Crippen LogP contribution < -0.4 is 5.32 Å². The van der Waals surface area contributed by atoms with E-state index >= 15 is 0 Å². The van der Waals surface area contributed by atoms with Gasteiger partial charge in [0.1, 0.15) is 0 Å². The van der Waals surface area contributed by atoms with Gasteiger partial charge in [0.2, 0.25) is 0 Å². The molecule has 0 unspecified atom stereocenters. The number of carbonyl (C=O) groups excluding carboxylic acids is 1. The quantitative estimate of drug-likeness (QED) is 0.590. The van der Waals surface area contributed by atoms with Gasteiger partial charge in [-0.25, -0.2) is 0 Å². The monoisotopic (exact) mass is 437 g/mol. The van der Waals surface area contributed by atoms with Crippen molar-refractivity contribution in [3.05, 3.63) is 99.6 Å². The summed E-state index contributed by atoms with van der Waals surface area (Å²) in [5.41, 5.74) is 5.59. The number of rotatable bonds is 4. The van der Waals surface area contributed by atoms with Crippen LogP contribution in [0, 0.1) is 11.3 Å². The Kier molecular flexibility index (Phi) is 7.12. The normalized spacial score (nSPS) is 12.9. The molecule has 1 aliphatic heterocycles. The Morgan fingerprint density at radius 1 is 1.07 bits per heavy atom. The van der Waals surface area contributed by atoms with E-state index in [9.17, 15) is 4.79 Å². The Balaban J connectivity index is 0.00000256. The number of nitriles is 1. The van der Waals surface area contributed by atoms with Gasteiger partial charge in [0.05, 0.1) is 11.6 Å². The fraction of sp³-hybridized carbons (Fsp3) is 0.167. The number of hydrogen-bond acceptors (Lipinski definition) is 3. The number of hydrogen-bond donors (Lipinski definition) is 1. The molecule has 3 aromatic carbocycles. The molecule has 0 saturated carbocycles. The van der Waals surface area contributed by atoms with Crippen LogP contribution in [0.1, 0.15) is 32.6 Å². The van der Waals surface area contributed by atoms with E-state index in [4.69, 9.17) is 16.9 Å².